The number of hydrogen-bond donors (Lipinski definition) is 2. The molecule has 0 saturated heterocycles. The topological polar surface area (TPSA) is 49.9 Å². The summed E-state index contributed by atoms with van der Waals surface area (Å²) in [4.78, 5) is 7.91. The Kier molecular flexibility index (Phi) is 5.17. The molecule has 1 aromatic heterocycles. The van der Waals surface area contributed by atoms with Crippen LogP contribution in [-0.2, 0) is 19.7 Å². The Hall–Kier alpha value is -3.11. The van der Waals surface area contributed by atoms with E-state index in [1.165, 1.54) is 16.7 Å². The van der Waals surface area contributed by atoms with Crippen LogP contribution in [0.2, 0.25) is 0 Å². The zero-order valence-corrected chi connectivity index (χ0v) is 15.4. The number of aromatic nitrogens is 2. The predicted octanol–water partition coefficient (Wildman–Crippen LogP) is 4.74. The number of aromatic amines is 1. The van der Waals surface area contributed by atoms with Gasteiger partial charge in [0.1, 0.15) is 18.2 Å². The van der Waals surface area contributed by atoms with E-state index in [4.69, 9.17) is 4.74 Å². The Balaban J connectivity index is 1.26. The Bertz CT molecular complexity index is 971. The van der Waals surface area contributed by atoms with Crippen molar-refractivity contribution in [3.63, 3.8) is 0 Å². The summed E-state index contributed by atoms with van der Waals surface area (Å²) < 4.78 is 5.86. The van der Waals surface area contributed by atoms with Crippen LogP contribution in [0.3, 0.4) is 0 Å². The number of hydrogen-bond acceptors (Lipinski definition) is 3. The normalized spacial score (nSPS) is 11.0. The van der Waals surface area contributed by atoms with E-state index in [1.807, 2.05) is 36.4 Å². The van der Waals surface area contributed by atoms with Crippen LogP contribution in [0.15, 0.2) is 72.8 Å². The Morgan fingerprint density at radius 1 is 0.852 bits per heavy atom. The van der Waals surface area contributed by atoms with Crippen molar-refractivity contribution in [3.05, 3.63) is 95.3 Å². The summed E-state index contributed by atoms with van der Waals surface area (Å²) >= 11 is 0. The van der Waals surface area contributed by atoms with Crippen molar-refractivity contribution in [3.8, 4) is 5.75 Å². The van der Waals surface area contributed by atoms with E-state index in [-0.39, 0.29) is 0 Å². The molecule has 0 aliphatic rings. The summed E-state index contributed by atoms with van der Waals surface area (Å²) in [6.45, 7) is 4.17. The van der Waals surface area contributed by atoms with Crippen LogP contribution in [0.5, 0.6) is 5.75 Å². The van der Waals surface area contributed by atoms with Gasteiger partial charge in [0.2, 0.25) is 0 Å². The lowest BCUT2D eigenvalue weighted by molar-refractivity contribution is 0.306. The van der Waals surface area contributed by atoms with Crippen molar-refractivity contribution in [1.29, 1.82) is 0 Å². The maximum absolute atomic E-state index is 5.86. The first kappa shape index (κ1) is 17.3. The second-order valence-corrected chi connectivity index (χ2v) is 6.72. The summed E-state index contributed by atoms with van der Waals surface area (Å²) in [6.07, 6.45) is 0. The molecule has 136 valence electrons. The fraction of sp³-hybridized carbons (Fsp3) is 0.174. The molecule has 0 amide bonds. The smallest absolute Gasteiger partial charge is 0.121 e. The van der Waals surface area contributed by atoms with E-state index in [9.17, 15) is 0 Å². The van der Waals surface area contributed by atoms with Crippen LogP contribution in [0.4, 0.5) is 0 Å². The van der Waals surface area contributed by atoms with Gasteiger partial charge >= 0.3 is 0 Å². The predicted molar refractivity (Wildman–Crippen MR) is 109 cm³/mol. The Morgan fingerprint density at radius 2 is 1.59 bits per heavy atom. The minimum Gasteiger partial charge on any atom is -0.489 e. The lowest BCUT2D eigenvalue weighted by atomic mass is 10.2. The number of para-hydroxylation sites is 2. The monoisotopic (exact) mass is 357 g/mol. The highest BCUT2D eigenvalue weighted by molar-refractivity contribution is 5.74. The van der Waals surface area contributed by atoms with Gasteiger partial charge in [0.25, 0.3) is 0 Å². The summed E-state index contributed by atoms with van der Waals surface area (Å²) in [5, 5.41) is 3.43. The van der Waals surface area contributed by atoms with Crippen LogP contribution in [0.25, 0.3) is 11.0 Å². The van der Waals surface area contributed by atoms with Gasteiger partial charge in [-0.25, -0.2) is 4.98 Å². The van der Waals surface area contributed by atoms with E-state index < -0.39 is 0 Å². The van der Waals surface area contributed by atoms with Crippen LogP contribution >= 0.6 is 0 Å². The molecule has 1 heterocycles. The third kappa shape index (κ3) is 4.54. The molecular formula is C23H23N3O. The number of ether oxygens (including phenoxy) is 1. The fourth-order valence-electron chi connectivity index (χ4n) is 2.97. The molecule has 4 nitrogen and oxygen atoms in total. The van der Waals surface area contributed by atoms with Gasteiger partial charge in [-0.05, 0) is 42.3 Å². The third-order valence-electron chi connectivity index (χ3n) is 4.51. The number of benzene rings is 3. The third-order valence-corrected chi connectivity index (χ3v) is 4.51. The van der Waals surface area contributed by atoms with E-state index >= 15 is 0 Å². The number of nitrogens with one attached hydrogen (secondary N) is 2. The van der Waals surface area contributed by atoms with Crippen molar-refractivity contribution in [2.45, 2.75) is 26.6 Å². The highest BCUT2D eigenvalue weighted by Crippen LogP contribution is 2.15. The van der Waals surface area contributed by atoms with Crippen LogP contribution in [0.1, 0.15) is 22.5 Å². The lowest BCUT2D eigenvalue weighted by Crippen LogP contribution is -2.13. The largest absolute Gasteiger partial charge is 0.489 e. The lowest BCUT2D eigenvalue weighted by Gasteiger charge is -2.08. The molecule has 4 aromatic rings. The molecule has 0 aliphatic heterocycles. The average molecular weight is 357 g/mol. The molecule has 0 atom stereocenters. The van der Waals surface area contributed by atoms with Crippen molar-refractivity contribution in [1.82, 2.24) is 15.3 Å². The van der Waals surface area contributed by atoms with E-state index in [0.29, 0.717) is 13.2 Å². The zero-order chi connectivity index (χ0) is 18.5. The fourth-order valence-corrected chi connectivity index (χ4v) is 2.97. The SMILES string of the molecule is Cc1ccc(COc2ccc(CNCc3nc4ccccc4[nH]3)cc2)cc1. The summed E-state index contributed by atoms with van der Waals surface area (Å²) in [7, 11) is 0. The number of fused-ring (bicyclic) bond motifs is 1. The number of rotatable bonds is 7. The van der Waals surface area contributed by atoms with Crippen LogP contribution in [-0.4, -0.2) is 9.97 Å². The highest BCUT2D eigenvalue weighted by Gasteiger charge is 2.02. The molecule has 2 N–H and O–H groups in total. The van der Waals surface area contributed by atoms with Crippen LogP contribution in [0, 0.1) is 6.92 Å². The van der Waals surface area contributed by atoms with Crippen molar-refractivity contribution in [2.75, 3.05) is 0 Å². The van der Waals surface area contributed by atoms with Gasteiger partial charge in [0, 0.05) is 6.54 Å². The Morgan fingerprint density at radius 3 is 2.37 bits per heavy atom. The van der Waals surface area contributed by atoms with Crippen LogP contribution < -0.4 is 10.1 Å². The highest BCUT2D eigenvalue weighted by atomic mass is 16.5. The quantitative estimate of drug-likeness (QED) is 0.502. The Labute approximate surface area is 159 Å². The molecule has 4 heteroatoms. The number of nitrogens with zero attached hydrogens (tertiary/aromatic N) is 1. The summed E-state index contributed by atoms with van der Waals surface area (Å²) in [6, 6.07) is 24.7. The summed E-state index contributed by atoms with van der Waals surface area (Å²) in [5.41, 5.74) is 5.73. The van der Waals surface area contributed by atoms with Gasteiger partial charge in [0.05, 0.1) is 17.6 Å². The first-order valence-corrected chi connectivity index (χ1v) is 9.18. The molecule has 0 saturated carbocycles. The maximum Gasteiger partial charge on any atom is 0.121 e. The number of aryl methyl sites for hydroxylation is 1. The van der Waals surface area contributed by atoms with Crippen molar-refractivity contribution >= 4 is 11.0 Å². The van der Waals surface area contributed by atoms with Crippen molar-refractivity contribution < 1.29 is 4.74 Å². The molecule has 27 heavy (non-hydrogen) atoms. The van der Waals surface area contributed by atoms with Crippen molar-refractivity contribution in [2.24, 2.45) is 0 Å². The number of H-pyrrole nitrogens is 1. The standard InChI is InChI=1S/C23H23N3O/c1-17-6-8-19(9-7-17)16-27-20-12-10-18(11-13-20)14-24-15-23-25-21-4-2-3-5-22(21)26-23/h2-13,24H,14-16H2,1H3,(H,25,26). The minimum atomic E-state index is 0.587. The molecule has 0 radical (unpaired) electrons. The maximum atomic E-state index is 5.86. The number of imidazole rings is 1. The molecule has 0 unspecified atom stereocenters. The van der Waals surface area contributed by atoms with E-state index in [0.717, 1.165) is 29.2 Å². The zero-order valence-electron chi connectivity index (χ0n) is 15.4. The van der Waals surface area contributed by atoms with Gasteiger partial charge in [-0.1, -0.05) is 54.1 Å². The molecule has 0 fully saturated rings. The minimum absolute atomic E-state index is 0.587. The first-order chi connectivity index (χ1) is 13.3. The molecule has 3 aromatic carbocycles. The summed E-state index contributed by atoms with van der Waals surface area (Å²) in [5.74, 6) is 1.84. The molecule has 4 rings (SSSR count). The van der Waals surface area contributed by atoms with E-state index in [1.54, 1.807) is 0 Å². The van der Waals surface area contributed by atoms with Gasteiger partial charge in [-0.3, -0.25) is 0 Å². The van der Waals surface area contributed by atoms with Gasteiger partial charge < -0.3 is 15.0 Å². The molecular weight excluding hydrogens is 334 g/mol. The van der Waals surface area contributed by atoms with Gasteiger partial charge in [0.15, 0.2) is 0 Å². The van der Waals surface area contributed by atoms with Gasteiger partial charge in [-0.2, -0.15) is 0 Å². The second kappa shape index (κ2) is 8.06. The first-order valence-electron chi connectivity index (χ1n) is 9.18. The average Bonchev–Trinajstić information content (AvgIpc) is 3.11. The van der Waals surface area contributed by atoms with E-state index in [2.05, 4.69) is 58.6 Å². The second-order valence-electron chi connectivity index (χ2n) is 6.72. The molecule has 0 spiro atoms. The molecule has 0 bridgehead atoms. The van der Waals surface area contributed by atoms with Gasteiger partial charge in [-0.15, -0.1) is 0 Å². The molecule has 0 aliphatic carbocycles.